The summed E-state index contributed by atoms with van der Waals surface area (Å²) in [5, 5.41) is 0. The van der Waals surface area contributed by atoms with Gasteiger partial charge in [0.2, 0.25) is 0 Å². The standard InChI is InChI=1S/C22H28N4O2/c1-3-21-23-10-18(11-24-21)22(27)26-14-17-4-7-19(26)15-25(13-17)12-16-5-8-20(28-2)9-6-16/h5-6,8-11,17,19H,3-4,7,12-15H2,1-2H3/t17-,19+/m0/s1. The van der Waals surface area contributed by atoms with Gasteiger partial charge in [-0.2, -0.15) is 0 Å². The molecule has 0 aliphatic carbocycles. The van der Waals surface area contributed by atoms with Crippen molar-refractivity contribution < 1.29 is 9.53 Å². The zero-order valence-electron chi connectivity index (χ0n) is 16.7. The van der Waals surface area contributed by atoms with Crippen LogP contribution in [-0.4, -0.2) is 58.5 Å². The number of carbonyl (C=O) groups excluding carboxylic acids is 1. The SMILES string of the molecule is CCc1ncc(C(=O)N2C[C@H]3CC[C@@H]2CN(Cc2ccc(OC)cc2)C3)cn1. The fourth-order valence-electron chi connectivity index (χ4n) is 4.36. The molecule has 5 rings (SSSR count). The van der Waals surface area contributed by atoms with Crippen LogP contribution >= 0.6 is 0 Å². The van der Waals surface area contributed by atoms with E-state index >= 15 is 0 Å². The predicted octanol–water partition coefficient (Wildman–Crippen LogP) is 2.78. The fourth-order valence-corrected chi connectivity index (χ4v) is 4.36. The Bertz CT molecular complexity index is 806. The van der Waals surface area contributed by atoms with Crippen LogP contribution in [0, 0.1) is 5.92 Å². The molecule has 148 valence electrons. The maximum atomic E-state index is 13.1. The highest BCUT2D eigenvalue weighted by atomic mass is 16.5. The number of hydrogen-bond donors (Lipinski definition) is 0. The minimum atomic E-state index is 0.0728. The van der Waals surface area contributed by atoms with Gasteiger partial charge in [-0.15, -0.1) is 0 Å². The Labute approximate surface area is 166 Å². The van der Waals surface area contributed by atoms with Gasteiger partial charge in [0.15, 0.2) is 0 Å². The molecule has 3 aliphatic heterocycles. The maximum absolute atomic E-state index is 13.1. The Morgan fingerprint density at radius 3 is 2.54 bits per heavy atom. The van der Waals surface area contributed by atoms with Crippen LogP contribution in [0.2, 0.25) is 0 Å². The molecular formula is C22H28N4O2. The van der Waals surface area contributed by atoms with Gasteiger partial charge in [-0.05, 0) is 36.5 Å². The first-order chi connectivity index (χ1) is 13.7. The average molecular weight is 380 g/mol. The molecule has 3 saturated heterocycles. The second-order valence-corrected chi connectivity index (χ2v) is 7.84. The molecule has 0 spiro atoms. The first-order valence-electron chi connectivity index (χ1n) is 10.1. The van der Waals surface area contributed by atoms with E-state index in [9.17, 15) is 4.79 Å². The van der Waals surface area contributed by atoms with E-state index in [2.05, 4.69) is 31.9 Å². The molecule has 0 N–H and O–H groups in total. The summed E-state index contributed by atoms with van der Waals surface area (Å²) in [5.74, 6) is 2.26. The van der Waals surface area contributed by atoms with Gasteiger partial charge in [-0.1, -0.05) is 19.1 Å². The van der Waals surface area contributed by atoms with Crippen LogP contribution in [0.5, 0.6) is 5.75 Å². The number of carbonyl (C=O) groups is 1. The molecule has 2 bridgehead atoms. The monoisotopic (exact) mass is 380 g/mol. The van der Waals surface area contributed by atoms with E-state index in [4.69, 9.17) is 4.74 Å². The van der Waals surface area contributed by atoms with Crippen molar-refractivity contribution in [2.75, 3.05) is 26.7 Å². The number of fused-ring (bicyclic) bond motifs is 4. The molecule has 2 atom stereocenters. The summed E-state index contributed by atoms with van der Waals surface area (Å²) < 4.78 is 5.25. The van der Waals surface area contributed by atoms with E-state index in [1.165, 1.54) is 12.0 Å². The average Bonchev–Trinajstić information content (AvgIpc) is 3.04. The van der Waals surface area contributed by atoms with E-state index in [1.807, 2.05) is 19.1 Å². The number of ether oxygens (including phenoxy) is 1. The Morgan fingerprint density at radius 1 is 1.11 bits per heavy atom. The second kappa shape index (κ2) is 8.27. The second-order valence-electron chi connectivity index (χ2n) is 7.84. The number of nitrogens with zero attached hydrogens (tertiary/aromatic N) is 4. The third-order valence-corrected chi connectivity index (χ3v) is 5.88. The first kappa shape index (κ1) is 18.9. The number of benzene rings is 1. The van der Waals surface area contributed by atoms with Gasteiger partial charge in [-0.3, -0.25) is 9.69 Å². The van der Waals surface area contributed by atoms with E-state index in [1.54, 1.807) is 19.5 Å². The van der Waals surface area contributed by atoms with Crippen molar-refractivity contribution in [1.29, 1.82) is 0 Å². The summed E-state index contributed by atoms with van der Waals surface area (Å²) in [5.41, 5.74) is 1.88. The van der Waals surface area contributed by atoms with Crippen molar-refractivity contribution in [2.24, 2.45) is 5.92 Å². The van der Waals surface area contributed by atoms with Gasteiger partial charge in [0.05, 0.1) is 12.7 Å². The molecule has 0 unspecified atom stereocenters. The Hall–Kier alpha value is -2.47. The minimum absolute atomic E-state index is 0.0728. The molecule has 4 heterocycles. The van der Waals surface area contributed by atoms with Gasteiger partial charge in [0, 0.05) is 51.0 Å². The lowest BCUT2D eigenvalue weighted by molar-refractivity contribution is 0.0584. The number of hydrogen-bond acceptors (Lipinski definition) is 5. The number of methoxy groups -OCH3 is 1. The largest absolute Gasteiger partial charge is 0.497 e. The van der Waals surface area contributed by atoms with Crippen molar-refractivity contribution >= 4 is 5.91 Å². The molecule has 1 amide bonds. The van der Waals surface area contributed by atoms with Gasteiger partial charge < -0.3 is 9.64 Å². The first-order valence-corrected chi connectivity index (χ1v) is 10.1. The van der Waals surface area contributed by atoms with Gasteiger partial charge in [0.25, 0.3) is 5.91 Å². The van der Waals surface area contributed by atoms with Crippen LogP contribution in [0.3, 0.4) is 0 Å². The highest BCUT2D eigenvalue weighted by Crippen LogP contribution is 2.30. The van der Waals surface area contributed by atoms with E-state index < -0.39 is 0 Å². The normalized spacial score (nSPS) is 22.1. The van der Waals surface area contributed by atoms with Crippen molar-refractivity contribution in [3.05, 3.63) is 53.6 Å². The third kappa shape index (κ3) is 4.02. The maximum Gasteiger partial charge on any atom is 0.257 e. The molecule has 0 saturated carbocycles. The Kier molecular flexibility index (Phi) is 5.57. The van der Waals surface area contributed by atoms with Gasteiger partial charge >= 0.3 is 0 Å². The molecule has 0 radical (unpaired) electrons. The minimum Gasteiger partial charge on any atom is -0.497 e. The molecule has 3 aliphatic rings. The van der Waals surface area contributed by atoms with E-state index in [0.29, 0.717) is 11.5 Å². The van der Waals surface area contributed by atoms with Crippen molar-refractivity contribution in [3.8, 4) is 5.75 Å². The summed E-state index contributed by atoms with van der Waals surface area (Å²) in [6, 6.07) is 8.53. The summed E-state index contributed by atoms with van der Waals surface area (Å²) >= 11 is 0. The summed E-state index contributed by atoms with van der Waals surface area (Å²) in [4.78, 5) is 26.3. The summed E-state index contributed by atoms with van der Waals surface area (Å²) in [6.45, 7) is 5.72. The molecule has 6 nitrogen and oxygen atoms in total. The molecule has 6 heteroatoms. The van der Waals surface area contributed by atoms with E-state index in [-0.39, 0.29) is 11.9 Å². The van der Waals surface area contributed by atoms with Crippen molar-refractivity contribution in [1.82, 2.24) is 19.8 Å². The quantitative estimate of drug-likeness (QED) is 0.798. The van der Waals surface area contributed by atoms with Crippen LogP contribution in [0.25, 0.3) is 0 Å². The smallest absolute Gasteiger partial charge is 0.257 e. The van der Waals surface area contributed by atoms with Crippen LogP contribution < -0.4 is 4.74 Å². The van der Waals surface area contributed by atoms with Crippen molar-refractivity contribution in [3.63, 3.8) is 0 Å². The highest BCUT2D eigenvalue weighted by Gasteiger charge is 2.37. The molecular weight excluding hydrogens is 352 g/mol. The molecule has 3 fully saturated rings. The third-order valence-electron chi connectivity index (χ3n) is 5.88. The molecule has 1 aromatic heterocycles. The van der Waals surface area contributed by atoms with Crippen LogP contribution in [0.4, 0.5) is 0 Å². The Balaban J connectivity index is 1.45. The van der Waals surface area contributed by atoms with E-state index in [0.717, 1.165) is 50.6 Å². The molecule has 1 aromatic carbocycles. The lowest BCUT2D eigenvalue weighted by Gasteiger charge is -2.36. The number of aryl methyl sites for hydroxylation is 1. The number of aromatic nitrogens is 2. The van der Waals surface area contributed by atoms with Crippen LogP contribution in [0.1, 0.15) is 41.5 Å². The zero-order valence-corrected chi connectivity index (χ0v) is 16.7. The Morgan fingerprint density at radius 2 is 1.86 bits per heavy atom. The van der Waals surface area contributed by atoms with Crippen LogP contribution in [0.15, 0.2) is 36.7 Å². The van der Waals surface area contributed by atoms with Crippen molar-refractivity contribution in [2.45, 2.75) is 38.8 Å². The summed E-state index contributed by atoms with van der Waals surface area (Å²) in [7, 11) is 1.69. The van der Waals surface area contributed by atoms with Gasteiger partial charge in [-0.25, -0.2) is 9.97 Å². The number of rotatable bonds is 5. The van der Waals surface area contributed by atoms with Gasteiger partial charge in [0.1, 0.15) is 11.6 Å². The highest BCUT2D eigenvalue weighted by molar-refractivity contribution is 5.94. The predicted molar refractivity (Wildman–Crippen MR) is 107 cm³/mol. The fraction of sp³-hybridized carbons (Fsp3) is 0.500. The number of piperidine rings is 1. The zero-order chi connectivity index (χ0) is 19.5. The van der Waals surface area contributed by atoms with Crippen LogP contribution in [-0.2, 0) is 13.0 Å². The number of amides is 1. The summed E-state index contributed by atoms with van der Waals surface area (Å²) in [6.07, 6.45) is 6.41. The molecule has 28 heavy (non-hydrogen) atoms. The lowest BCUT2D eigenvalue weighted by Crippen LogP contribution is -2.47. The molecule has 2 aromatic rings. The lowest BCUT2D eigenvalue weighted by atomic mass is 9.94. The topological polar surface area (TPSA) is 58.6 Å².